The molecule has 0 saturated carbocycles. The van der Waals surface area contributed by atoms with Gasteiger partial charge in [-0.1, -0.05) is 17.7 Å². The number of rotatable bonds is 1. The van der Waals surface area contributed by atoms with Crippen molar-refractivity contribution in [2.75, 3.05) is 5.73 Å². The maximum atomic E-state index is 5.90. The average molecular weight is 346 g/mol. The molecule has 6 unspecified atom stereocenters. The first kappa shape index (κ1) is 16.4. The summed E-state index contributed by atoms with van der Waals surface area (Å²) >= 11 is 2.02. The molecule has 3 heterocycles. The van der Waals surface area contributed by atoms with Gasteiger partial charge in [0.1, 0.15) is 0 Å². The SMILES string of the molecule is CC1=C(C)C2C(c3ccc(N)cc3)NC(C)C3NNC(C)N3C2S1. The number of nitrogens with two attached hydrogens (primary N) is 1. The summed E-state index contributed by atoms with van der Waals surface area (Å²) in [5.41, 5.74) is 16.4. The second kappa shape index (κ2) is 6.04. The number of hydrogen-bond acceptors (Lipinski definition) is 6. The molecule has 0 amide bonds. The Morgan fingerprint density at radius 2 is 1.79 bits per heavy atom. The summed E-state index contributed by atoms with van der Waals surface area (Å²) in [6, 6.07) is 9.01. The number of nitrogens with one attached hydrogen (secondary N) is 3. The van der Waals surface area contributed by atoms with E-state index in [0.29, 0.717) is 29.5 Å². The molecule has 5 N–H and O–H groups in total. The van der Waals surface area contributed by atoms with E-state index in [2.05, 4.69) is 60.9 Å². The molecule has 0 aliphatic carbocycles. The molecular weight excluding hydrogens is 318 g/mol. The van der Waals surface area contributed by atoms with Gasteiger partial charge in [-0.2, -0.15) is 0 Å². The number of anilines is 1. The molecule has 24 heavy (non-hydrogen) atoms. The maximum Gasteiger partial charge on any atom is 0.0904 e. The Morgan fingerprint density at radius 1 is 1.08 bits per heavy atom. The van der Waals surface area contributed by atoms with Crippen molar-refractivity contribution < 1.29 is 0 Å². The number of nitrogens with zero attached hydrogens (tertiary/aromatic N) is 1. The minimum absolute atomic E-state index is 0.289. The number of benzene rings is 1. The predicted molar refractivity (Wildman–Crippen MR) is 101 cm³/mol. The summed E-state index contributed by atoms with van der Waals surface area (Å²) < 4.78 is 0. The lowest BCUT2D eigenvalue weighted by molar-refractivity contribution is 0.154. The molecule has 1 aromatic carbocycles. The van der Waals surface area contributed by atoms with Crippen LogP contribution in [0.15, 0.2) is 34.7 Å². The monoisotopic (exact) mass is 345 g/mol. The first-order valence-electron chi connectivity index (χ1n) is 8.71. The minimum atomic E-state index is 0.289. The molecule has 2 fully saturated rings. The minimum Gasteiger partial charge on any atom is -0.399 e. The lowest BCUT2D eigenvalue weighted by Crippen LogP contribution is -2.51. The van der Waals surface area contributed by atoms with Crippen LogP contribution >= 0.6 is 11.8 Å². The first-order chi connectivity index (χ1) is 11.5. The molecule has 0 aromatic heterocycles. The van der Waals surface area contributed by atoms with Crippen molar-refractivity contribution in [3.05, 3.63) is 40.3 Å². The summed E-state index contributed by atoms with van der Waals surface area (Å²) in [6.45, 7) is 9.07. The zero-order chi connectivity index (χ0) is 17.0. The molecule has 0 spiro atoms. The Bertz CT molecular complexity index is 658. The second-order valence-electron chi connectivity index (χ2n) is 7.23. The quantitative estimate of drug-likeness (QED) is 0.586. The number of allylic oxidation sites excluding steroid dienone is 1. The van der Waals surface area contributed by atoms with Crippen molar-refractivity contribution in [1.82, 2.24) is 21.1 Å². The predicted octanol–water partition coefficient (Wildman–Crippen LogP) is 2.37. The van der Waals surface area contributed by atoms with Crippen LogP contribution in [0.3, 0.4) is 0 Å². The van der Waals surface area contributed by atoms with Crippen LogP contribution in [0.2, 0.25) is 0 Å². The topological polar surface area (TPSA) is 65.3 Å². The van der Waals surface area contributed by atoms with E-state index < -0.39 is 0 Å². The Morgan fingerprint density at radius 3 is 2.50 bits per heavy atom. The summed E-state index contributed by atoms with van der Waals surface area (Å²) in [6.07, 6.45) is 0.612. The van der Waals surface area contributed by atoms with Gasteiger partial charge >= 0.3 is 0 Å². The van der Waals surface area contributed by atoms with Crippen LogP contribution in [0.4, 0.5) is 5.69 Å². The molecule has 0 bridgehead atoms. The lowest BCUT2D eigenvalue weighted by Gasteiger charge is -2.35. The third-order valence-electron chi connectivity index (χ3n) is 5.73. The van der Waals surface area contributed by atoms with Crippen LogP contribution in [0.1, 0.15) is 39.3 Å². The molecule has 0 radical (unpaired) electrons. The van der Waals surface area contributed by atoms with Gasteiger partial charge in [-0.3, -0.25) is 4.90 Å². The number of thioether (sulfide) groups is 1. The molecule has 3 aliphatic heterocycles. The van der Waals surface area contributed by atoms with Crippen LogP contribution in [0, 0.1) is 5.92 Å². The van der Waals surface area contributed by atoms with E-state index in [1.165, 1.54) is 16.0 Å². The highest BCUT2D eigenvalue weighted by Crippen LogP contribution is 2.51. The smallest absolute Gasteiger partial charge is 0.0904 e. The number of hydrogen-bond donors (Lipinski definition) is 4. The van der Waals surface area contributed by atoms with E-state index in [0.717, 1.165) is 5.69 Å². The lowest BCUT2D eigenvalue weighted by atomic mass is 9.86. The first-order valence-corrected chi connectivity index (χ1v) is 9.59. The summed E-state index contributed by atoms with van der Waals surface area (Å²) in [5.74, 6) is 0.454. The summed E-state index contributed by atoms with van der Waals surface area (Å²) in [7, 11) is 0. The van der Waals surface area contributed by atoms with Gasteiger partial charge in [0.2, 0.25) is 0 Å². The Kier molecular flexibility index (Phi) is 4.13. The highest BCUT2D eigenvalue weighted by atomic mass is 32.2. The van der Waals surface area contributed by atoms with Crippen LogP contribution in [0.25, 0.3) is 0 Å². The molecule has 4 rings (SSSR count). The zero-order valence-electron chi connectivity index (χ0n) is 14.7. The fourth-order valence-corrected chi connectivity index (χ4v) is 5.93. The highest BCUT2D eigenvalue weighted by Gasteiger charge is 2.50. The van der Waals surface area contributed by atoms with Crippen LogP contribution in [-0.2, 0) is 0 Å². The van der Waals surface area contributed by atoms with E-state index in [1.54, 1.807) is 0 Å². The molecule has 1 aromatic rings. The number of hydrazine groups is 1. The van der Waals surface area contributed by atoms with Crippen LogP contribution in [-0.4, -0.2) is 28.6 Å². The second-order valence-corrected chi connectivity index (χ2v) is 8.56. The average Bonchev–Trinajstić information content (AvgIpc) is 3.03. The number of fused-ring (bicyclic) bond motifs is 3. The van der Waals surface area contributed by atoms with Gasteiger partial charge in [-0.05, 0) is 50.3 Å². The third kappa shape index (κ3) is 2.48. The molecule has 6 heteroatoms. The third-order valence-corrected chi connectivity index (χ3v) is 7.19. The van der Waals surface area contributed by atoms with Crippen molar-refractivity contribution in [3.63, 3.8) is 0 Å². The van der Waals surface area contributed by atoms with Gasteiger partial charge in [-0.25, -0.2) is 10.9 Å². The van der Waals surface area contributed by atoms with Gasteiger partial charge in [0.25, 0.3) is 0 Å². The van der Waals surface area contributed by atoms with Gasteiger partial charge in [0.15, 0.2) is 0 Å². The van der Waals surface area contributed by atoms with Crippen LogP contribution < -0.4 is 21.9 Å². The summed E-state index contributed by atoms with van der Waals surface area (Å²) in [4.78, 5) is 4.06. The van der Waals surface area contributed by atoms with Crippen molar-refractivity contribution in [2.45, 2.75) is 57.5 Å². The van der Waals surface area contributed by atoms with Gasteiger partial charge in [-0.15, -0.1) is 11.8 Å². The highest BCUT2D eigenvalue weighted by molar-refractivity contribution is 8.03. The van der Waals surface area contributed by atoms with E-state index >= 15 is 0 Å². The van der Waals surface area contributed by atoms with Crippen LogP contribution in [0.5, 0.6) is 0 Å². The molecular formula is C18H27N5S. The Labute approximate surface area is 148 Å². The fraction of sp³-hybridized carbons (Fsp3) is 0.556. The molecule has 6 atom stereocenters. The van der Waals surface area contributed by atoms with E-state index in [-0.39, 0.29) is 6.17 Å². The van der Waals surface area contributed by atoms with Gasteiger partial charge in [0.05, 0.1) is 17.7 Å². The maximum absolute atomic E-state index is 5.90. The zero-order valence-corrected chi connectivity index (χ0v) is 15.5. The molecule has 5 nitrogen and oxygen atoms in total. The van der Waals surface area contributed by atoms with E-state index in [9.17, 15) is 0 Å². The molecule has 2 saturated heterocycles. The van der Waals surface area contributed by atoms with Gasteiger partial charge < -0.3 is 11.1 Å². The van der Waals surface area contributed by atoms with Crippen molar-refractivity contribution >= 4 is 17.4 Å². The van der Waals surface area contributed by atoms with E-state index in [1.807, 2.05) is 23.9 Å². The standard InChI is InChI=1S/C18H27N5S/c1-9-11(3)24-18-15(9)16(13-5-7-14(19)8-6-13)20-10(2)17-22-21-12(4)23(17)18/h5-8,10,12,15-18,20-22H,19H2,1-4H3. The van der Waals surface area contributed by atoms with Crippen molar-refractivity contribution in [1.29, 1.82) is 0 Å². The van der Waals surface area contributed by atoms with Gasteiger partial charge in [0, 0.05) is 23.7 Å². The Balaban J connectivity index is 1.78. The molecule has 130 valence electrons. The van der Waals surface area contributed by atoms with E-state index in [4.69, 9.17) is 5.73 Å². The Hall–Kier alpha value is -1.05. The normalized spacial score (nSPS) is 39.7. The van der Waals surface area contributed by atoms with Crippen molar-refractivity contribution in [3.8, 4) is 0 Å². The largest absolute Gasteiger partial charge is 0.399 e. The molecule has 3 aliphatic rings. The van der Waals surface area contributed by atoms with Crippen molar-refractivity contribution in [2.24, 2.45) is 5.92 Å². The summed E-state index contributed by atoms with van der Waals surface area (Å²) in [5, 5.41) is 4.33. The number of nitrogen functional groups attached to an aromatic ring is 1. The fourth-order valence-electron chi connectivity index (χ4n) is 4.30.